The molecular formula is C14H11BrFN3. The van der Waals surface area contributed by atoms with Gasteiger partial charge >= 0.3 is 0 Å². The number of nitrogens with zero attached hydrogens (tertiary/aromatic N) is 2. The molecule has 0 bridgehead atoms. The molecule has 1 aromatic carbocycles. The summed E-state index contributed by atoms with van der Waals surface area (Å²) < 4.78 is 16.1. The highest BCUT2D eigenvalue weighted by Crippen LogP contribution is 2.19. The molecule has 0 unspecified atom stereocenters. The molecule has 3 aromatic rings. The van der Waals surface area contributed by atoms with E-state index < -0.39 is 0 Å². The van der Waals surface area contributed by atoms with Crippen LogP contribution in [0.1, 0.15) is 5.56 Å². The van der Waals surface area contributed by atoms with Gasteiger partial charge in [0.25, 0.3) is 0 Å². The highest BCUT2D eigenvalue weighted by atomic mass is 79.9. The molecule has 5 heteroatoms. The van der Waals surface area contributed by atoms with Gasteiger partial charge in [-0.15, -0.1) is 0 Å². The van der Waals surface area contributed by atoms with Crippen LogP contribution in [0.15, 0.2) is 53.3 Å². The predicted octanol–water partition coefficient (Wildman–Crippen LogP) is 3.85. The normalized spacial score (nSPS) is 10.8. The summed E-state index contributed by atoms with van der Waals surface area (Å²) in [4.78, 5) is 4.22. The van der Waals surface area contributed by atoms with Gasteiger partial charge < -0.3 is 5.32 Å². The first-order valence-corrected chi connectivity index (χ1v) is 6.63. The molecule has 2 aromatic heterocycles. The van der Waals surface area contributed by atoms with Gasteiger partial charge in [0.15, 0.2) is 0 Å². The summed E-state index contributed by atoms with van der Waals surface area (Å²) in [5, 5.41) is 3.28. The smallest absolute Gasteiger partial charge is 0.138 e. The lowest BCUT2D eigenvalue weighted by atomic mass is 10.2. The minimum Gasteiger partial charge on any atom is -0.367 e. The summed E-state index contributed by atoms with van der Waals surface area (Å²) in [6.45, 7) is 0.537. The fourth-order valence-corrected chi connectivity index (χ4v) is 2.34. The Kier molecular flexibility index (Phi) is 3.21. The average Bonchev–Trinajstić information content (AvgIpc) is 2.88. The maximum atomic E-state index is 13.2. The molecule has 0 aliphatic rings. The van der Waals surface area contributed by atoms with Gasteiger partial charge in [-0.2, -0.15) is 0 Å². The molecular weight excluding hydrogens is 309 g/mol. The molecule has 0 radical (unpaired) electrons. The van der Waals surface area contributed by atoms with Gasteiger partial charge in [-0.3, -0.25) is 4.40 Å². The lowest BCUT2D eigenvalue weighted by Gasteiger charge is -2.10. The summed E-state index contributed by atoms with van der Waals surface area (Å²) >= 11 is 3.42. The number of benzene rings is 1. The van der Waals surface area contributed by atoms with Crippen LogP contribution < -0.4 is 5.32 Å². The number of imidazole rings is 1. The van der Waals surface area contributed by atoms with Gasteiger partial charge in [0.05, 0.1) is 0 Å². The van der Waals surface area contributed by atoms with E-state index in [0.29, 0.717) is 6.54 Å². The third-order valence-electron chi connectivity index (χ3n) is 2.90. The first-order chi connectivity index (χ1) is 9.24. The van der Waals surface area contributed by atoms with Crippen molar-refractivity contribution in [3.05, 3.63) is 64.6 Å². The maximum Gasteiger partial charge on any atom is 0.138 e. The van der Waals surface area contributed by atoms with Crippen molar-refractivity contribution >= 4 is 27.4 Å². The van der Waals surface area contributed by atoms with Crippen LogP contribution in [0.25, 0.3) is 5.65 Å². The Morgan fingerprint density at radius 3 is 3.05 bits per heavy atom. The summed E-state index contributed by atoms with van der Waals surface area (Å²) in [6, 6.07) is 10.5. The van der Waals surface area contributed by atoms with Crippen molar-refractivity contribution in [1.82, 2.24) is 9.38 Å². The summed E-state index contributed by atoms with van der Waals surface area (Å²) in [6.07, 6.45) is 3.64. The Morgan fingerprint density at radius 2 is 2.16 bits per heavy atom. The Bertz CT molecular complexity index is 724. The Balaban J connectivity index is 1.86. The van der Waals surface area contributed by atoms with E-state index in [0.717, 1.165) is 21.5 Å². The highest BCUT2D eigenvalue weighted by molar-refractivity contribution is 9.10. The van der Waals surface area contributed by atoms with Gasteiger partial charge in [-0.05, 0) is 35.9 Å². The van der Waals surface area contributed by atoms with Crippen LogP contribution in [-0.2, 0) is 6.54 Å². The highest BCUT2D eigenvalue weighted by Gasteiger charge is 2.04. The van der Waals surface area contributed by atoms with E-state index in [1.807, 2.05) is 28.8 Å². The fraction of sp³-hybridized carbons (Fsp3) is 0.0714. The Labute approximate surface area is 118 Å². The minimum atomic E-state index is -0.235. The molecule has 96 valence electrons. The van der Waals surface area contributed by atoms with E-state index in [1.165, 1.54) is 12.1 Å². The molecule has 2 heterocycles. The average molecular weight is 320 g/mol. The standard InChI is InChI=1S/C14H11BrFN3/c15-12-5-4-11(16)8-10(12)9-18-14-3-1-2-13-17-6-7-19(13)14/h1-8,18H,9H2. The van der Waals surface area contributed by atoms with E-state index in [4.69, 9.17) is 0 Å². The topological polar surface area (TPSA) is 29.3 Å². The number of nitrogens with one attached hydrogen (secondary N) is 1. The molecule has 0 amide bonds. The number of rotatable bonds is 3. The van der Waals surface area contributed by atoms with E-state index in [-0.39, 0.29) is 5.82 Å². The first kappa shape index (κ1) is 12.2. The zero-order valence-electron chi connectivity index (χ0n) is 9.98. The number of halogens is 2. The SMILES string of the molecule is Fc1ccc(Br)c(CNc2cccc3nccn23)c1. The zero-order valence-corrected chi connectivity index (χ0v) is 11.6. The lowest BCUT2D eigenvalue weighted by molar-refractivity contribution is 0.625. The van der Waals surface area contributed by atoms with Gasteiger partial charge in [-0.25, -0.2) is 9.37 Å². The molecule has 0 spiro atoms. The molecule has 19 heavy (non-hydrogen) atoms. The Hall–Kier alpha value is -1.88. The molecule has 1 N–H and O–H groups in total. The largest absolute Gasteiger partial charge is 0.367 e. The van der Waals surface area contributed by atoms with Crippen LogP contribution in [0.3, 0.4) is 0 Å². The van der Waals surface area contributed by atoms with Crippen molar-refractivity contribution in [3.63, 3.8) is 0 Å². The van der Waals surface area contributed by atoms with Crippen LogP contribution in [0.4, 0.5) is 10.2 Å². The number of anilines is 1. The van der Waals surface area contributed by atoms with E-state index in [1.54, 1.807) is 12.3 Å². The van der Waals surface area contributed by atoms with Crippen molar-refractivity contribution in [2.45, 2.75) is 6.54 Å². The number of hydrogen-bond donors (Lipinski definition) is 1. The Morgan fingerprint density at radius 1 is 1.26 bits per heavy atom. The maximum absolute atomic E-state index is 13.2. The van der Waals surface area contributed by atoms with Crippen molar-refractivity contribution < 1.29 is 4.39 Å². The monoisotopic (exact) mass is 319 g/mol. The number of pyridine rings is 1. The van der Waals surface area contributed by atoms with Crippen LogP contribution >= 0.6 is 15.9 Å². The minimum absolute atomic E-state index is 0.235. The summed E-state index contributed by atoms with van der Waals surface area (Å²) in [7, 11) is 0. The molecule has 0 aliphatic heterocycles. The van der Waals surface area contributed by atoms with E-state index in [2.05, 4.69) is 26.2 Å². The van der Waals surface area contributed by atoms with Crippen LogP contribution in [0.5, 0.6) is 0 Å². The molecule has 0 aliphatic carbocycles. The second-order valence-corrected chi connectivity index (χ2v) is 5.01. The predicted molar refractivity (Wildman–Crippen MR) is 76.6 cm³/mol. The van der Waals surface area contributed by atoms with Gasteiger partial charge in [0, 0.05) is 23.4 Å². The summed E-state index contributed by atoms with van der Waals surface area (Å²) in [5.41, 5.74) is 1.75. The quantitative estimate of drug-likeness (QED) is 0.794. The molecule has 0 saturated heterocycles. The lowest BCUT2D eigenvalue weighted by Crippen LogP contribution is -2.04. The number of fused-ring (bicyclic) bond motifs is 1. The van der Waals surface area contributed by atoms with E-state index >= 15 is 0 Å². The van der Waals surface area contributed by atoms with Gasteiger partial charge in [0.2, 0.25) is 0 Å². The van der Waals surface area contributed by atoms with Crippen LogP contribution in [0.2, 0.25) is 0 Å². The zero-order chi connectivity index (χ0) is 13.2. The van der Waals surface area contributed by atoms with Gasteiger partial charge in [-0.1, -0.05) is 22.0 Å². The van der Waals surface area contributed by atoms with Crippen molar-refractivity contribution in [2.75, 3.05) is 5.32 Å². The first-order valence-electron chi connectivity index (χ1n) is 5.84. The molecule has 0 saturated carbocycles. The molecule has 0 fully saturated rings. The van der Waals surface area contributed by atoms with E-state index in [9.17, 15) is 4.39 Å². The summed E-state index contributed by atoms with van der Waals surface area (Å²) in [5.74, 6) is 0.687. The molecule has 3 rings (SSSR count). The van der Waals surface area contributed by atoms with Crippen molar-refractivity contribution in [3.8, 4) is 0 Å². The number of aromatic nitrogens is 2. The van der Waals surface area contributed by atoms with Crippen molar-refractivity contribution in [2.24, 2.45) is 0 Å². The third-order valence-corrected chi connectivity index (χ3v) is 3.67. The molecule has 3 nitrogen and oxygen atoms in total. The van der Waals surface area contributed by atoms with Crippen LogP contribution in [0, 0.1) is 5.82 Å². The van der Waals surface area contributed by atoms with Crippen molar-refractivity contribution in [1.29, 1.82) is 0 Å². The number of hydrogen-bond acceptors (Lipinski definition) is 2. The van der Waals surface area contributed by atoms with Crippen LogP contribution in [-0.4, -0.2) is 9.38 Å². The van der Waals surface area contributed by atoms with Gasteiger partial charge in [0.1, 0.15) is 17.3 Å². The third kappa shape index (κ3) is 2.46. The fourth-order valence-electron chi connectivity index (χ4n) is 1.96. The second kappa shape index (κ2) is 5.01. The second-order valence-electron chi connectivity index (χ2n) is 4.16. The molecule has 0 atom stereocenters.